The molecule has 1 heterocycles. The van der Waals surface area contributed by atoms with Crippen molar-refractivity contribution in [1.29, 1.82) is 0 Å². The van der Waals surface area contributed by atoms with Crippen molar-refractivity contribution in [3.63, 3.8) is 0 Å². The van der Waals surface area contributed by atoms with E-state index >= 15 is 0 Å². The largest absolute Gasteiger partial charge is 0.497 e. The van der Waals surface area contributed by atoms with Gasteiger partial charge in [0.1, 0.15) is 11.3 Å². The maximum absolute atomic E-state index is 13.0. The molecule has 4 rings (SSSR count). The van der Waals surface area contributed by atoms with E-state index < -0.39 is 5.91 Å². The van der Waals surface area contributed by atoms with Crippen LogP contribution in [0.25, 0.3) is 16.6 Å². The lowest BCUT2D eigenvalue weighted by atomic mass is 10.1. The number of fused-ring (bicyclic) bond motifs is 1. The fourth-order valence-corrected chi connectivity index (χ4v) is 3.40. The fourth-order valence-electron chi connectivity index (χ4n) is 3.28. The van der Waals surface area contributed by atoms with E-state index in [0.717, 1.165) is 22.5 Å². The van der Waals surface area contributed by atoms with Crippen LogP contribution in [0.3, 0.4) is 0 Å². The second-order valence-corrected chi connectivity index (χ2v) is 7.20. The predicted octanol–water partition coefficient (Wildman–Crippen LogP) is 4.58. The minimum Gasteiger partial charge on any atom is -0.497 e. The zero-order valence-corrected chi connectivity index (χ0v) is 17.0. The van der Waals surface area contributed by atoms with E-state index in [0.29, 0.717) is 17.0 Å². The second kappa shape index (κ2) is 8.43. The molecule has 0 unspecified atom stereocenters. The van der Waals surface area contributed by atoms with Crippen molar-refractivity contribution in [1.82, 2.24) is 9.88 Å². The summed E-state index contributed by atoms with van der Waals surface area (Å²) in [4.78, 5) is 25.9. The Morgan fingerprint density at radius 2 is 1.70 bits per heavy atom. The van der Waals surface area contributed by atoms with Crippen LogP contribution in [-0.2, 0) is 6.54 Å². The van der Waals surface area contributed by atoms with E-state index in [1.807, 2.05) is 53.1 Å². The van der Waals surface area contributed by atoms with Gasteiger partial charge in [-0.1, -0.05) is 35.9 Å². The minimum absolute atomic E-state index is 0.0819. The number of nitrogens with zero attached hydrogens (tertiary/aromatic N) is 1. The van der Waals surface area contributed by atoms with Crippen LogP contribution in [0, 0.1) is 0 Å². The van der Waals surface area contributed by atoms with Crippen molar-refractivity contribution in [3.05, 3.63) is 105 Å². The van der Waals surface area contributed by atoms with Gasteiger partial charge in [0.05, 0.1) is 12.6 Å². The first-order chi connectivity index (χ1) is 14.6. The van der Waals surface area contributed by atoms with Gasteiger partial charge >= 0.3 is 0 Å². The Morgan fingerprint density at radius 1 is 1.00 bits per heavy atom. The Kier molecular flexibility index (Phi) is 5.55. The lowest BCUT2D eigenvalue weighted by Gasteiger charge is -2.14. The van der Waals surface area contributed by atoms with Gasteiger partial charge in [0, 0.05) is 28.8 Å². The fraction of sp³-hybridized carbons (Fsp3) is 0.0833. The Balaban J connectivity index is 1.74. The molecule has 0 saturated heterocycles. The molecule has 0 aliphatic carbocycles. The number of ether oxygens (including phenoxy) is 1. The average molecular weight is 419 g/mol. The molecule has 4 aromatic rings. The molecular weight excluding hydrogens is 400 g/mol. The highest BCUT2D eigenvalue weighted by atomic mass is 35.5. The number of pyridine rings is 1. The third-order valence-electron chi connectivity index (χ3n) is 4.87. The van der Waals surface area contributed by atoms with E-state index in [2.05, 4.69) is 5.32 Å². The number of nitrogens with one attached hydrogen (secondary N) is 1. The van der Waals surface area contributed by atoms with Crippen LogP contribution in [0.1, 0.15) is 15.9 Å². The smallest absolute Gasteiger partial charge is 0.257 e. The van der Waals surface area contributed by atoms with Crippen molar-refractivity contribution >= 4 is 28.4 Å². The average Bonchev–Trinajstić information content (AvgIpc) is 2.79. The highest BCUT2D eigenvalue weighted by Gasteiger charge is 2.16. The molecule has 0 aliphatic rings. The van der Waals surface area contributed by atoms with Gasteiger partial charge in [-0.3, -0.25) is 9.59 Å². The summed E-state index contributed by atoms with van der Waals surface area (Å²) in [5, 5.41) is 3.93. The first-order valence-electron chi connectivity index (χ1n) is 9.38. The number of methoxy groups -OCH3 is 1. The third kappa shape index (κ3) is 3.93. The predicted molar refractivity (Wildman–Crippen MR) is 119 cm³/mol. The number of hydrogen-bond donors (Lipinski definition) is 1. The standard InChI is InChI=1S/C24H19ClN2O3/c1-30-19-12-10-18(11-13-19)27-15-21(23(28)20-4-2-3-5-22(20)27)24(29)26-14-16-6-8-17(25)9-7-16/h2-13,15H,14H2,1H3,(H,26,29). The lowest BCUT2D eigenvalue weighted by molar-refractivity contribution is 0.0949. The quantitative estimate of drug-likeness (QED) is 0.516. The summed E-state index contributed by atoms with van der Waals surface area (Å²) in [6.07, 6.45) is 1.59. The molecule has 5 nitrogen and oxygen atoms in total. The maximum Gasteiger partial charge on any atom is 0.257 e. The Morgan fingerprint density at radius 3 is 2.40 bits per heavy atom. The van der Waals surface area contributed by atoms with Gasteiger partial charge in [-0.05, 0) is 54.1 Å². The monoisotopic (exact) mass is 418 g/mol. The van der Waals surface area contributed by atoms with Gasteiger partial charge in [0.15, 0.2) is 0 Å². The Labute approximate surface area is 178 Å². The van der Waals surface area contributed by atoms with Crippen molar-refractivity contribution < 1.29 is 9.53 Å². The van der Waals surface area contributed by atoms with Crippen molar-refractivity contribution in [2.45, 2.75) is 6.54 Å². The summed E-state index contributed by atoms with van der Waals surface area (Å²) in [5.41, 5.74) is 2.21. The molecule has 0 saturated carbocycles. The highest BCUT2D eigenvalue weighted by molar-refractivity contribution is 6.30. The minimum atomic E-state index is -0.428. The van der Waals surface area contributed by atoms with Crippen LogP contribution in [-0.4, -0.2) is 17.6 Å². The molecule has 150 valence electrons. The van der Waals surface area contributed by atoms with Crippen LogP contribution in [0.15, 0.2) is 83.8 Å². The molecular formula is C24H19ClN2O3. The second-order valence-electron chi connectivity index (χ2n) is 6.77. The molecule has 30 heavy (non-hydrogen) atoms. The van der Waals surface area contributed by atoms with E-state index in [4.69, 9.17) is 16.3 Å². The summed E-state index contributed by atoms with van der Waals surface area (Å²) >= 11 is 5.90. The summed E-state index contributed by atoms with van der Waals surface area (Å²) in [6.45, 7) is 0.296. The third-order valence-corrected chi connectivity index (χ3v) is 5.12. The number of hydrogen-bond acceptors (Lipinski definition) is 3. The molecule has 1 aromatic heterocycles. The highest BCUT2D eigenvalue weighted by Crippen LogP contribution is 2.20. The van der Waals surface area contributed by atoms with Crippen LogP contribution < -0.4 is 15.5 Å². The van der Waals surface area contributed by atoms with Crippen LogP contribution in [0.5, 0.6) is 5.75 Å². The molecule has 0 bridgehead atoms. The summed E-state index contributed by atoms with van der Waals surface area (Å²) in [5.74, 6) is 0.299. The molecule has 0 aliphatic heterocycles. The first-order valence-corrected chi connectivity index (χ1v) is 9.76. The van der Waals surface area contributed by atoms with Crippen LogP contribution in [0.2, 0.25) is 5.02 Å². The Bertz CT molecular complexity index is 1260. The number of carbonyl (C=O) groups excluding carboxylic acids is 1. The first kappa shape index (κ1) is 19.7. The zero-order valence-electron chi connectivity index (χ0n) is 16.3. The van der Waals surface area contributed by atoms with Gasteiger partial charge in [-0.2, -0.15) is 0 Å². The maximum atomic E-state index is 13.0. The molecule has 3 aromatic carbocycles. The Hall–Kier alpha value is -3.57. The van der Waals surface area contributed by atoms with Crippen LogP contribution >= 0.6 is 11.6 Å². The number of amides is 1. The SMILES string of the molecule is COc1ccc(-n2cc(C(=O)NCc3ccc(Cl)cc3)c(=O)c3ccccc32)cc1. The van der Waals surface area contributed by atoms with E-state index in [1.165, 1.54) is 0 Å². The number of benzene rings is 3. The zero-order chi connectivity index (χ0) is 21.1. The van der Waals surface area contributed by atoms with E-state index in [1.54, 1.807) is 37.6 Å². The molecule has 6 heteroatoms. The summed E-state index contributed by atoms with van der Waals surface area (Å²) in [6, 6.07) is 21.9. The molecule has 0 radical (unpaired) electrons. The topological polar surface area (TPSA) is 60.3 Å². The van der Waals surface area contributed by atoms with Gasteiger partial charge in [0.25, 0.3) is 5.91 Å². The number of rotatable bonds is 5. The van der Waals surface area contributed by atoms with Crippen molar-refractivity contribution in [2.24, 2.45) is 0 Å². The van der Waals surface area contributed by atoms with Gasteiger partial charge in [-0.15, -0.1) is 0 Å². The normalized spacial score (nSPS) is 10.7. The number of aromatic nitrogens is 1. The molecule has 0 spiro atoms. The number of halogens is 1. The number of para-hydroxylation sites is 1. The van der Waals surface area contributed by atoms with Gasteiger partial charge in [0.2, 0.25) is 5.43 Å². The van der Waals surface area contributed by atoms with E-state index in [-0.39, 0.29) is 11.0 Å². The summed E-state index contributed by atoms with van der Waals surface area (Å²) in [7, 11) is 1.60. The van der Waals surface area contributed by atoms with Gasteiger partial charge in [-0.25, -0.2) is 0 Å². The summed E-state index contributed by atoms with van der Waals surface area (Å²) < 4.78 is 7.06. The molecule has 1 amide bonds. The van der Waals surface area contributed by atoms with Gasteiger partial charge < -0.3 is 14.6 Å². The van der Waals surface area contributed by atoms with Crippen LogP contribution in [0.4, 0.5) is 0 Å². The number of carbonyl (C=O) groups is 1. The molecule has 0 atom stereocenters. The molecule has 0 fully saturated rings. The van der Waals surface area contributed by atoms with E-state index in [9.17, 15) is 9.59 Å². The van der Waals surface area contributed by atoms with Crippen molar-refractivity contribution in [3.8, 4) is 11.4 Å². The lowest BCUT2D eigenvalue weighted by Crippen LogP contribution is -2.29. The molecule has 1 N–H and O–H groups in total. The van der Waals surface area contributed by atoms with Crippen molar-refractivity contribution in [2.75, 3.05) is 7.11 Å².